The van der Waals surface area contributed by atoms with E-state index in [1.54, 1.807) is 19.1 Å². The number of ether oxygens (including phenoxy) is 1. The third-order valence-electron chi connectivity index (χ3n) is 2.60. The Morgan fingerprint density at radius 3 is 2.60 bits per heavy atom. The summed E-state index contributed by atoms with van der Waals surface area (Å²) in [7, 11) is -2.58. The van der Waals surface area contributed by atoms with E-state index in [1.165, 1.54) is 19.2 Å². The minimum absolute atomic E-state index is 0.131. The summed E-state index contributed by atoms with van der Waals surface area (Å²) in [5.74, 6) is -0.163. The van der Waals surface area contributed by atoms with Gasteiger partial charge in [-0.3, -0.25) is 4.79 Å². The number of hydrogen-bond acceptors (Lipinski definition) is 4. The molecule has 0 atom stereocenters. The van der Waals surface area contributed by atoms with E-state index >= 15 is 0 Å². The lowest BCUT2D eigenvalue weighted by molar-refractivity contribution is -0.112. The zero-order valence-electron chi connectivity index (χ0n) is 11.6. The van der Waals surface area contributed by atoms with Crippen LogP contribution in [0.25, 0.3) is 0 Å². The van der Waals surface area contributed by atoms with Gasteiger partial charge in [-0.2, -0.15) is 0 Å². The Balaban J connectivity index is 3.11. The molecule has 0 aromatic heterocycles. The number of nitrogens with one attached hydrogen (secondary N) is 1. The second kappa shape index (κ2) is 6.53. The topological polar surface area (TPSA) is 98.5 Å². The van der Waals surface area contributed by atoms with Crippen LogP contribution in [0.4, 0.5) is 5.69 Å². The van der Waals surface area contributed by atoms with Gasteiger partial charge in [0.25, 0.3) is 5.91 Å². The van der Waals surface area contributed by atoms with Gasteiger partial charge in [0.2, 0.25) is 10.0 Å². The molecule has 0 bridgehead atoms. The highest BCUT2D eigenvalue weighted by molar-refractivity contribution is 7.89. The van der Waals surface area contributed by atoms with E-state index in [0.717, 1.165) is 6.42 Å². The monoisotopic (exact) mass is 298 g/mol. The molecular formula is C13H18N2O4S. The Morgan fingerprint density at radius 1 is 1.45 bits per heavy atom. The van der Waals surface area contributed by atoms with Gasteiger partial charge in [0, 0.05) is 11.3 Å². The van der Waals surface area contributed by atoms with Gasteiger partial charge in [0.1, 0.15) is 10.6 Å². The molecule has 0 radical (unpaired) electrons. The average Bonchev–Trinajstić information content (AvgIpc) is 2.37. The van der Waals surface area contributed by atoms with Crippen molar-refractivity contribution in [3.63, 3.8) is 0 Å². The van der Waals surface area contributed by atoms with Crippen molar-refractivity contribution in [2.45, 2.75) is 25.2 Å². The molecule has 0 saturated carbocycles. The van der Waals surface area contributed by atoms with E-state index in [4.69, 9.17) is 9.88 Å². The summed E-state index contributed by atoms with van der Waals surface area (Å²) in [6.07, 6.45) is 2.52. The average molecular weight is 298 g/mol. The maximum absolute atomic E-state index is 11.8. The van der Waals surface area contributed by atoms with Crippen LogP contribution in [0.15, 0.2) is 34.7 Å². The highest BCUT2D eigenvalue weighted by atomic mass is 32.2. The number of sulfonamides is 1. The van der Waals surface area contributed by atoms with Crippen molar-refractivity contribution in [2.75, 3.05) is 12.4 Å². The molecule has 20 heavy (non-hydrogen) atoms. The molecule has 1 aromatic carbocycles. The van der Waals surface area contributed by atoms with Crippen LogP contribution in [-0.4, -0.2) is 21.4 Å². The normalized spacial score (nSPS) is 12.1. The standard InChI is InChI=1S/C13H18N2O4S/c1-4-5-9(2)13(16)15-10-6-7-11(19-3)12(8-10)20(14,17)18/h5-8H,4H2,1-3H3,(H,15,16)(H2,14,17,18)/b9-5-. The maximum Gasteiger partial charge on any atom is 0.250 e. The molecule has 110 valence electrons. The minimum atomic E-state index is -3.93. The first-order valence-corrected chi connectivity index (χ1v) is 7.53. The van der Waals surface area contributed by atoms with Gasteiger partial charge in [-0.25, -0.2) is 13.6 Å². The Hall–Kier alpha value is -1.86. The summed E-state index contributed by atoms with van der Waals surface area (Å²) in [4.78, 5) is 11.7. The van der Waals surface area contributed by atoms with Crippen LogP contribution in [0.1, 0.15) is 20.3 Å². The van der Waals surface area contributed by atoms with Crippen LogP contribution in [0, 0.1) is 0 Å². The summed E-state index contributed by atoms with van der Waals surface area (Å²) >= 11 is 0. The van der Waals surface area contributed by atoms with Crippen molar-refractivity contribution in [3.8, 4) is 5.75 Å². The number of nitrogens with two attached hydrogens (primary N) is 1. The fourth-order valence-corrected chi connectivity index (χ4v) is 2.33. The van der Waals surface area contributed by atoms with Crippen LogP contribution < -0.4 is 15.2 Å². The summed E-state index contributed by atoms with van der Waals surface area (Å²) in [5.41, 5.74) is 0.893. The van der Waals surface area contributed by atoms with Gasteiger partial charge in [0.15, 0.2) is 0 Å². The molecule has 7 heteroatoms. The van der Waals surface area contributed by atoms with E-state index < -0.39 is 10.0 Å². The van der Waals surface area contributed by atoms with Crippen LogP contribution >= 0.6 is 0 Å². The molecule has 0 saturated heterocycles. The van der Waals surface area contributed by atoms with Crippen molar-refractivity contribution >= 4 is 21.6 Å². The lowest BCUT2D eigenvalue weighted by atomic mass is 10.2. The molecule has 6 nitrogen and oxygen atoms in total. The molecule has 0 heterocycles. The third kappa shape index (κ3) is 4.07. The zero-order valence-corrected chi connectivity index (χ0v) is 12.5. The number of allylic oxidation sites excluding steroid dienone is 1. The summed E-state index contributed by atoms with van der Waals surface area (Å²) in [6, 6.07) is 4.25. The molecule has 1 amide bonds. The summed E-state index contributed by atoms with van der Waals surface area (Å²) < 4.78 is 27.9. The van der Waals surface area contributed by atoms with Gasteiger partial charge >= 0.3 is 0 Å². The number of primary sulfonamides is 1. The second-order valence-electron chi connectivity index (χ2n) is 4.16. The highest BCUT2D eigenvalue weighted by Crippen LogP contribution is 2.26. The van der Waals surface area contributed by atoms with Crippen LogP contribution in [-0.2, 0) is 14.8 Å². The number of benzene rings is 1. The number of carbonyl (C=O) groups is 1. The number of methoxy groups -OCH3 is 1. The van der Waals surface area contributed by atoms with Crippen molar-refractivity contribution in [1.29, 1.82) is 0 Å². The van der Waals surface area contributed by atoms with E-state index in [0.29, 0.717) is 11.3 Å². The number of hydrogen-bond donors (Lipinski definition) is 2. The lowest BCUT2D eigenvalue weighted by Crippen LogP contribution is -2.16. The van der Waals surface area contributed by atoms with Gasteiger partial charge in [-0.1, -0.05) is 13.0 Å². The molecular weight excluding hydrogens is 280 g/mol. The first-order valence-electron chi connectivity index (χ1n) is 5.98. The van der Waals surface area contributed by atoms with Crippen LogP contribution in [0.5, 0.6) is 5.75 Å². The largest absolute Gasteiger partial charge is 0.495 e. The Kier molecular flexibility index (Phi) is 5.29. The second-order valence-corrected chi connectivity index (χ2v) is 5.69. The van der Waals surface area contributed by atoms with E-state index in [-0.39, 0.29) is 16.6 Å². The number of amides is 1. The SMILES string of the molecule is CC/C=C(/C)C(=O)Nc1ccc(OC)c(S(N)(=O)=O)c1. The van der Waals surface area contributed by atoms with E-state index in [1.807, 2.05) is 6.92 Å². The first-order chi connectivity index (χ1) is 9.29. The third-order valence-corrected chi connectivity index (χ3v) is 3.53. The highest BCUT2D eigenvalue weighted by Gasteiger charge is 2.16. The van der Waals surface area contributed by atoms with E-state index in [2.05, 4.69) is 5.32 Å². The molecule has 0 aliphatic heterocycles. The first kappa shape index (κ1) is 16.2. The summed E-state index contributed by atoms with van der Waals surface area (Å²) in [5, 5.41) is 7.72. The molecule has 0 fully saturated rings. The predicted molar refractivity (Wildman–Crippen MR) is 77.0 cm³/mol. The van der Waals surface area contributed by atoms with Gasteiger partial charge in [0.05, 0.1) is 7.11 Å². The smallest absolute Gasteiger partial charge is 0.250 e. The van der Waals surface area contributed by atoms with Crippen LogP contribution in [0.2, 0.25) is 0 Å². The van der Waals surface area contributed by atoms with Gasteiger partial charge < -0.3 is 10.1 Å². The Labute approximate surface area is 118 Å². The molecule has 0 aliphatic rings. The molecule has 3 N–H and O–H groups in total. The molecule has 0 unspecified atom stereocenters. The number of rotatable bonds is 5. The minimum Gasteiger partial charge on any atom is -0.495 e. The van der Waals surface area contributed by atoms with Gasteiger partial charge in [-0.15, -0.1) is 0 Å². The molecule has 0 spiro atoms. The van der Waals surface area contributed by atoms with Crippen molar-refractivity contribution < 1.29 is 17.9 Å². The predicted octanol–water partition coefficient (Wildman–Crippen LogP) is 1.64. The fourth-order valence-electron chi connectivity index (χ4n) is 1.61. The Bertz CT molecular complexity index is 636. The van der Waals surface area contributed by atoms with Crippen molar-refractivity contribution in [3.05, 3.63) is 29.8 Å². The van der Waals surface area contributed by atoms with Gasteiger partial charge in [-0.05, 0) is 31.5 Å². The summed E-state index contributed by atoms with van der Waals surface area (Å²) in [6.45, 7) is 3.60. The lowest BCUT2D eigenvalue weighted by Gasteiger charge is -2.10. The quantitative estimate of drug-likeness (QED) is 0.807. The van der Waals surface area contributed by atoms with Crippen LogP contribution in [0.3, 0.4) is 0 Å². The van der Waals surface area contributed by atoms with E-state index in [9.17, 15) is 13.2 Å². The zero-order chi connectivity index (χ0) is 15.3. The number of carbonyl (C=O) groups excluding carboxylic acids is 1. The number of anilines is 1. The molecule has 1 aromatic rings. The van der Waals surface area contributed by atoms with Crippen molar-refractivity contribution in [1.82, 2.24) is 0 Å². The maximum atomic E-state index is 11.8. The van der Waals surface area contributed by atoms with Crippen molar-refractivity contribution in [2.24, 2.45) is 5.14 Å². The molecule has 0 aliphatic carbocycles. The Morgan fingerprint density at radius 2 is 2.10 bits per heavy atom. The molecule has 1 rings (SSSR count). The fraction of sp³-hybridized carbons (Fsp3) is 0.308.